The van der Waals surface area contributed by atoms with Crippen LogP contribution in [0.5, 0.6) is 0 Å². The second-order valence-corrected chi connectivity index (χ2v) is 8.26. The second-order valence-electron chi connectivity index (χ2n) is 7.20. The highest BCUT2D eigenvalue weighted by atomic mass is 32.2. The third-order valence-electron chi connectivity index (χ3n) is 5.25. The molecule has 2 aromatic heterocycles. The number of rotatable bonds is 6. The van der Waals surface area contributed by atoms with Gasteiger partial charge in [-0.15, -0.1) is 0 Å². The number of imidazole rings is 1. The van der Waals surface area contributed by atoms with Gasteiger partial charge in [0.25, 0.3) is 5.56 Å². The first-order valence-corrected chi connectivity index (χ1v) is 10.8. The minimum atomic E-state index is -0.359. The van der Waals surface area contributed by atoms with Crippen molar-refractivity contribution in [2.75, 3.05) is 5.75 Å². The van der Waals surface area contributed by atoms with Crippen molar-refractivity contribution in [3.05, 3.63) is 68.9 Å². The summed E-state index contributed by atoms with van der Waals surface area (Å²) >= 11 is 1.64. The normalized spacial score (nSPS) is 11.6. The van der Waals surface area contributed by atoms with Gasteiger partial charge >= 0.3 is 5.69 Å². The van der Waals surface area contributed by atoms with Gasteiger partial charge in [0, 0.05) is 19.8 Å². The summed E-state index contributed by atoms with van der Waals surface area (Å²) in [5.74, 6) is 0.920. The van der Waals surface area contributed by atoms with Gasteiger partial charge in [-0.25, -0.2) is 9.78 Å². The van der Waals surface area contributed by atoms with E-state index in [2.05, 4.69) is 31.2 Å². The Labute approximate surface area is 172 Å². The molecule has 6 nitrogen and oxygen atoms in total. The van der Waals surface area contributed by atoms with Crippen molar-refractivity contribution in [2.24, 2.45) is 14.1 Å². The predicted molar refractivity (Wildman–Crippen MR) is 119 cm³/mol. The van der Waals surface area contributed by atoms with Crippen LogP contribution < -0.4 is 11.2 Å². The van der Waals surface area contributed by atoms with E-state index >= 15 is 0 Å². The zero-order chi connectivity index (χ0) is 20.5. The van der Waals surface area contributed by atoms with E-state index in [4.69, 9.17) is 4.98 Å². The first-order valence-electron chi connectivity index (χ1n) is 9.78. The average Bonchev–Trinajstić information content (AvgIpc) is 3.09. The number of hydrogen-bond donors (Lipinski definition) is 0. The van der Waals surface area contributed by atoms with E-state index in [1.54, 1.807) is 18.8 Å². The van der Waals surface area contributed by atoms with Gasteiger partial charge in [-0.2, -0.15) is 0 Å². The van der Waals surface area contributed by atoms with Gasteiger partial charge in [-0.3, -0.25) is 13.9 Å². The Balaban J connectivity index is 1.94. The summed E-state index contributed by atoms with van der Waals surface area (Å²) in [6.45, 7) is 2.68. The fourth-order valence-corrected chi connectivity index (χ4v) is 4.67. The lowest BCUT2D eigenvalue weighted by Gasteiger charge is -2.12. The lowest BCUT2D eigenvalue weighted by molar-refractivity contribution is 0.697. The van der Waals surface area contributed by atoms with E-state index in [-0.39, 0.29) is 11.2 Å². The van der Waals surface area contributed by atoms with Gasteiger partial charge in [0.15, 0.2) is 16.3 Å². The largest absolute Gasteiger partial charge is 0.332 e. The van der Waals surface area contributed by atoms with Gasteiger partial charge in [0.1, 0.15) is 0 Å². The summed E-state index contributed by atoms with van der Waals surface area (Å²) < 4.78 is 4.59. The summed E-state index contributed by atoms with van der Waals surface area (Å²) in [4.78, 5) is 30.1. The Morgan fingerprint density at radius 3 is 2.55 bits per heavy atom. The third-order valence-corrected chi connectivity index (χ3v) is 6.31. The molecule has 4 aromatic rings. The van der Waals surface area contributed by atoms with E-state index in [1.165, 1.54) is 11.6 Å². The van der Waals surface area contributed by atoms with Crippen molar-refractivity contribution in [3.63, 3.8) is 0 Å². The van der Waals surface area contributed by atoms with Crippen LogP contribution in [0.1, 0.15) is 25.3 Å². The van der Waals surface area contributed by atoms with E-state index in [0.717, 1.165) is 44.7 Å². The van der Waals surface area contributed by atoms with E-state index in [9.17, 15) is 9.59 Å². The zero-order valence-electron chi connectivity index (χ0n) is 16.9. The molecule has 0 bridgehead atoms. The summed E-state index contributed by atoms with van der Waals surface area (Å²) in [6.07, 6.45) is 2.16. The minimum Gasteiger partial charge on any atom is -0.309 e. The number of unbranched alkanes of at least 4 members (excludes halogenated alkanes) is 1. The van der Waals surface area contributed by atoms with E-state index < -0.39 is 0 Å². The van der Waals surface area contributed by atoms with Gasteiger partial charge in [-0.05, 0) is 22.8 Å². The van der Waals surface area contributed by atoms with E-state index in [1.807, 2.05) is 22.8 Å². The molecule has 0 aliphatic heterocycles. The maximum atomic E-state index is 13.0. The molecular formula is C22H24N4O2S. The van der Waals surface area contributed by atoms with Gasteiger partial charge in [0.05, 0.1) is 6.54 Å². The van der Waals surface area contributed by atoms with Gasteiger partial charge in [-0.1, -0.05) is 67.6 Å². The summed E-state index contributed by atoms with van der Waals surface area (Å²) in [5.41, 5.74) is 1.37. The highest BCUT2D eigenvalue weighted by molar-refractivity contribution is 7.99. The molecule has 0 saturated carbocycles. The molecule has 0 N–H and O–H groups in total. The third kappa shape index (κ3) is 3.40. The lowest BCUT2D eigenvalue weighted by atomic mass is 10.0. The van der Waals surface area contributed by atoms with Gasteiger partial charge in [0.2, 0.25) is 0 Å². The fourth-order valence-electron chi connectivity index (χ4n) is 3.59. The molecule has 0 fully saturated rings. The fraction of sp³-hybridized carbons (Fsp3) is 0.318. The van der Waals surface area contributed by atoms with Crippen LogP contribution in [0.4, 0.5) is 0 Å². The molecule has 2 heterocycles. The van der Waals surface area contributed by atoms with Crippen LogP contribution in [0.15, 0.2) is 57.2 Å². The second kappa shape index (κ2) is 7.91. The first-order chi connectivity index (χ1) is 14.0. The molecule has 0 aliphatic carbocycles. The van der Waals surface area contributed by atoms with Crippen LogP contribution in [0.25, 0.3) is 21.9 Å². The molecule has 0 atom stereocenters. The molecule has 150 valence electrons. The molecule has 0 amide bonds. The lowest BCUT2D eigenvalue weighted by Crippen LogP contribution is -2.37. The Kier molecular flexibility index (Phi) is 5.32. The van der Waals surface area contributed by atoms with E-state index in [0.29, 0.717) is 17.7 Å². The van der Waals surface area contributed by atoms with Crippen molar-refractivity contribution in [1.82, 2.24) is 18.7 Å². The highest BCUT2D eigenvalue weighted by Crippen LogP contribution is 2.26. The number of aryl methyl sites for hydroxylation is 1. The van der Waals surface area contributed by atoms with Crippen LogP contribution in [0, 0.1) is 0 Å². The Morgan fingerprint density at radius 1 is 1.00 bits per heavy atom. The zero-order valence-corrected chi connectivity index (χ0v) is 17.7. The van der Waals surface area contributed by atoms with Crippen molar-refractivity contribution in [3.8, 4) is 0 Å². The number of hydrogen-bond acceptors (Lipinski definition) is 4. The summed E-state index contributed by atoms with van der Waals surface area (Å²) in [5, 5.41) is 3.09. The molecule has 0 aliphatic rings. The van der Waals surface area contributed by atoms with Crippen molar-refractivity contribution in [1.29, 1.82) is 0 Å². The monoisotopic (exact) mass is 408 g/mol. The number of thioether (sulfide) groups is 1. The first kappa shape index (κ1) is 19.5. The SMILES string of the molecule is CCCCSc1nc2c(c(=O)n(C)c(=O)n2C)n1Cc1cccc2ccccc12. The molecular weight excluding hydrogens is 384 g/mol. The molecule has 2 aromatic carbocycles. The Hall–Kier alpha value is -2.80. The maximum Gasteiger partial charge on any atom is 0.332 e. The quantitative estimate of drug-likeness (QED) is 0.362. The molecule has 29 heavy (non-hydrogen) atoms. The van der Waals surface area contributed by atoms with Gasteiger partial charge < -0.3 is 4.57 Å². The smallest absolute Gasteiger partial charge is 0.309 e. The average molecular weight is 409 g/mol. The molecule has 0 saturated heterocycles. The van der Waals surface area contributed by atoms with Crippen LogP contribution in [-0.4, -0.2) is 24.4 Å². The van der Waals surface area contributed by atoms with Crippen LogP contribution in [0.3, 0.4) is 0 Å². The Bertz CT molecular complexity index is 1310. The Morgan fingerprint density at radius 2 is 1.76 bits per heavy atom. The predicted octanol–water partition coefficient (Wildman–Crippen LogP) is 3.53. The van der Waals surface area contributed by atoms with Crippen molar-refractivity contribution in [2.45, 2.75) is 31.5 Å². The number of nitrogens with zero attached hydrogens (tertiary/aromatic N) is 4. The topological polar surface area (TPSA) is 61.8 Å². The van der Waals surface area contributed by atoms with Crippen LogP contribution >= 0.6 is 11.8 Å². The number of benzene rings is 2. The molecule has 0 radical (unpaired) electrons. The maximum absolute atomic E-state index is 13.0. The highest BCUT2D eigenvalue weighted by Gasteiger charge is 2.20. The van der Waals surface area contributed by atoms with Crippen LogP contribution in [-0.2, 0) is 20.6 Å². The minimum absolute atomic E-state index is 0.307. The summed E-state index contributed by atoms with van der Waals surface area (Å²) in [6, 6.07) is 14.4. The molecule has 4 rings (SSSR count). The molecule has 0 spiro atoms. The van der Waals surface area contributed by atoms with Crippen molar-refractivity contribution >= 4 is 33.7 Å². The van der Waals surface area contributed by atoms with Crippen molar-refractivity contribution < 1.29 is 0 Å². The molecule has 7 heteroatoms. The van der Waals surface area contributed by atoms with Crippen LogP contribution in [0.2, 0.25) is 0 Å². The standard InChI is InChI=1S/C22H24N4O2S/c1-4-5-13-29-21-23-19-18(20(27)25(3)22(28)24(19)2)26(21)14-16-11-8-10-15-9-6-7-12-17(15)16/h6-12H,4-5,13-14H2,1-3H3. The number of aromatic nitrogens is 4. The summed E-state index contributed by atoms with van der Waals surface area (Å²) in [7, 11) is 3.18. The number of fused-ring (bicyclic) bond motifs is 2. The molecule has 0 unspecified atom stereocenters.